The number of carbonyl (C=O) groups is 1. The molecule has 0 spiro atoms. The number of hydrogen-bond acceptors (Lipinski definition) is 2. The van der Waals surface area contributed by atoms with Crippen LogP contribution >= 0.6 is 15.9 Å². The van der Waals surface area contributed by atoms with Crippen molar-refractivity contribution < 1.29 is 9.18 Å². The molecule has 1 aromatic carbocycles. The Morgan fingerprint density at radius 2 is 2.16 bits per heavy atom. The van der Waals surface area contributed by atoms with Crippen LogP contribution in [0.1, 0.15) is 5.56 Å². The Morgan fingerprint density at radius 1 is 1.42 bits per heavy atom. The van der Waals surface area contributed by atoms with Crippen LogP contribution in [0.15, 0.2) is 29.0 Å². The summed E-state index contributed by atoms with van der Waals surface area (Å²) in [5.74, 6) is -0.365. The first kappa shape index (κ1) is 13.5. The minimum atomic E-state index is -0.408. The van der Waals surface area contributed by atoms with Gasteiger partial charge in [-0.15, -0.1) is 0 Å². The maximum absolute atomic E-state index is 13.3. The van der Waals surface area contributed by atoms with Crippen molar-refractivity contribution in [1.82, 2.24) is 9.78 Å². The first-order chi connectivity index (χ1) is 8.95. The summed E-state index contributed by atoms with van der Waals surface area (Å²) >= 11 is 3.08. The third-order valence-corrected chi connectivity index (χ3v) is 3.09. The number of carbonyl (C=O) groups excluding carboxylic acids is 1. The Kier molecular flexibility index (Phi) is 3.84. The number of rotatable bonds is 2. The zero-order chi connectivity index (χ0) is 14.0. The summed E-state index contributed by atoms with van der Waals surface area (Å²) in [6.45, 7) is 1.72. The van der Waals surface area contributed by atoms with Gasteiger partial charge in [-0.25, -0.2) is 9.18 Å². The van der Waals surface area contributed by atoms with Crippen LogP contribution in [0.2, 0.25) is 0 Å². The van der Waals surface area contributed by atoms with Gasteiger partial charge in [0, 0.05) is 18.9 Å². The van der Waals surface area contributed by atoms with E-state index < -0.39 is 6.03 Å². The number of benzene rings is 1. The molecule has 0 unspecified atom stereocenters. The van der Waals surface area contributed by atoms with E-state index in [1.807, 2.05) is 0 Å². The second-order valence-electron chi connectivity index (χ2n) is 4.06. The highest BCUT2D eigenvalue weighted by Crippen LogP contribution is 2.24. The van der Waals surface area contributed by atoms with Gasteiger partial charge in [-0.2, -0.15) is 5.10 Å². The standard InChI is InChI=1S/C12H12BrFN4O/c1-7-3-10(14)9(13)4-11(7)17-12(19)16-8-5-15-18(2)6-8/h3-6H,1-2H3,(H2,16,17,19). The molecule has 0 aliphatic heterocycles. The number of aromatic nitrogens is 2. The quantitative estimate of drug-likeness (QED) is 0.889. The van der Waals surface area contributed by atoms with E-state index in [0.717, 1.165) is 0 Å². The molecule has 2 rings (SSSR count). The Balaban J connectivity index is 2.09. The van der Waals surface area contributed by atoms with Crippen LogP contribution in [0, 0.1) is 12.7 Å². The summed E-state index contributed by atoms with van der Waals surface area (Å²) < 4.78 is 15.1. The Bertz CT molecular complexity index is 626. The smallest absolute Gasteiger partial charge is 0.307 e. The monoisotopic (exact) mass is 326 g/mol. The molecule has 100 valence electrons. The molecule has 2 N–H and O–H groups in total. The number of amides is 2. The largest absolute Gasteiger partial charge is 0.323 e. The van der Waals surface area contributed by atoms with Gasteiger partial charge in [0.1, 0.15) is 5.82 Å². The third-order valence-electron chi connectivity index (χ3n) is 2.48. The number of urea groups is 1. The van der Waals surface area contributed by atoms with Crippen molar-refractivity contribution in [2.45, 2.75) is 6.92 Å². The van der Waals surface area contributed by atoms with Gasteiger partial charge in [-0.1, -0.05) is 0 Å². The molecule has 0 aliphatic rings. The summed E-state index contributed by atoms with van der Waals surface area (Å²) in [4.78, 5) is 11.8. The fourth-order valence-corrected chi connectivity index (χ4v) is 1.89. The van der Waals surface area contributed by atoms with Gasteiger partial charge in [0.25, 0.3) is 0 Å². The molecule has 0 saturated heterocycles. The minimum absolute atomic E-state index is 0.301. The molecule has 2 aromatic rings. The molecule has 19 heavy (non-hydrogen) atoms. The fraction of sp³-hybridized carbons (Fsp3) is 0.167. The molecule has 0 atom stereocenters. The van der Waals surface area contributed by atoms with E-state index in [1.165, 1.54) is 18.3 Å². The van der Waals surface area contributed by atoms with E-state index in [2.05, 4.69) is 31.7 Å². The predicted octanol–water partition coefficient (Wildman–Crippen LogP) is 3.27. The fourth-order valence-electron chi connectivity index (χ4n) is 1.55. The maximum atomic E-state index is 13.3. The highest BCUT2D eigenvalue weighted by atomic mass is 79.9. The molecular formula is C12H12BrFN4O. The van der Waals surface area contributed by atoms with Gasteiger partial charge < -0.3 is 10.6 Å². The minimum Gasteiger partial charge on any atom is -0.307 e. The molecule has 1 aromatic heterocycles. The number of nitrogens with zero attached hydrogens (tertiary/aromatic N) is 2. The molecular weight excluding hydrogens is 315 g/mol. The average Bonchev–Trinajstić information content (AvgIpc) is 2.71. The highest BCUT2D eigenvalue weighted by molar-refractivity contribution is 9.10. The molecule has 0 saturated carbocycles. The molecule has 0 bridgehead atoms. The van der Waals surface area contributed by atoms with Crippen LogP contribution in [0.25, 0.3) is 0 Å². The molecule has 0 fully saturated rings. The normalized spacial score (nSPS) is 10.3. The summed E-state index contributed by atoms with van der Waals surface area (Å²) in [6.07, 6.45) is 3.21. The van der Waals surface area contributed by atoms with Gasteiger partial charge in [-0.05, 0) is 40.5 Å². The van der Waals surface area contributed by atoms with Crippen LogP contribution in [0.5, 0.6) is 0 Å². The van der Waals surface area contributed by atoms with Crippen LogP contribution < -0.4 is 10.6 Å². The zero-order valence-electron chi connectivity index (χ0n) is 10.4. The van der Waals surface area contributed by atoms with Gasteiger partial charge in [0.2, 0.25) is 0 Å². The van der Waals surface area contributed by atoms with E-state index in [4.69, 9.17) is 0 Å². The third kappa shape index (κ3) is 3.31. The average molecular weight is 327 g/mol. The molecule has 7 heteroatoms. The molecule has 0 aliphatic carbocycles. The lowest BCUT2D eigenvalue weighted by Gasteiger charge is -2.09. The van der Waals surface area contributed by atoms with Crippen molar-refractivity contribution in [3.8, 4) is 0 Å². The topological polar surface area (TPSA) is 59.0 Å². The van der Waals surface area contributed by atoms with Crippen molar-refractivity contribution in [3.05, 3.63) is 40.4 Å². The lowest BCUT2D eigenvalue weighted by atomic mass is 10.2. The van der Waals surface area contributed by atoms with Gasteiger partial charge in [-0.3, -0.25) is 4.68 Å². The zero-order valence-corrected chi connectivity index (χ0v) is 12.0. The highest BCUT2D eigenvalue weighted by Gasteiger charge is 2.09. The molecule has 1 heterocycles. The summed E-state index contributed by atoms with van der Waals surface area (Å²) in [6, 6.07) is 2.46. The number of anilines is 2. The molecule has 0 radical (unpaired) electrons. The van der Waals surface area contributed by atoms with Gasteiger partial charge in [0.15, 0.2) is 0 Å². The number of hydrogen-bond donors (Lipinski definition) is 2. The van der Waals surface area contributed by atoms with Crippen molar-refractivity contribution in [3.63, 3.8) is 0 Å². The van der Waals surface area contributed by atoms with Crippen LogP contribution in [-0.4, -0.2) is 15.8 Å². The van der Waals surface area contributed by atoms with E-state index in [0.29, 0.717) is 21.4 Å². The maximum Gasteiger partial charge on any atom is 0.323 e. The Labute approximate surface area is 117 Å². The summed E-state index contributed by atoms with van der Waals surface area (Å²) in [5, 5.41) is 9.22. The van der Waals surface area contributed by atoms with Crippen molar-refractivity contribution in [2.75, 3.05) is 10.6 Å². The first-order valence-corrected chi connectivity index (χ1v) is 6.27. The SMILES string of the molecule is Cc1cc(F)c(Br)cc1NC(=O)Nc1cnn(C)c1. The lowest BCUT2D eigenvalue weighted by Crippen LogP contribution is -2.19. The Hall–Kier alpha value is -1.89. The van der Waals surface area contributed by atoms with E-state index in [-0.39, 0.29) is 5.82 Å². The van der Waals surface area contributed by atoms with Crippen LogP contribution in [-0.2, 0) is 7.05 Å². The van der Waals surface area contributed by atoms with Gasteiger partial charge in [0.05, 0.1) is 16.4 Å². The van der Waals surface area contributed by atoms with Gasteiger partial charge >= 0.3 is 6.03 Å². The van der Waals surface area contributed by atoms with Crippen molar-refractivity contribution >= 4 is 33.3 Å². The summed E-state index contributed by atoms with van der Waals surface area (Å²) in [7, 11) is 1.75. The van der Waals surface area contributed by atoms with Crippen molar-refractivity contribution in [2.24, 2.45) is 7.05 Å². The molecule has 2 amide bonds. The number of halogens is 2. The lowest BCUT2D eigenvalue weighted by molar-refractivity contribution is 0.262. The Morgan fingerprint density at radius 3 is 2.79 bits per heavy atom. The van der Waals surface area contributed by atoms with E-state index in [1.54, 1.807) is 24.9 Å². The van der Waals surface area contributed by atoms with Crippen LogP contribution in [0.3, 0.4) is 0 Å². The first-order valence-electron chi connectivity index (χ1n) is 5.48. The van der Waals surface area contributed by atoms with Crippen molar-refractivity contribution in [1.29, 1.82) is 0 Å². The summed E-state index contributed by atoms with van der Waals surface area (Å²) in [5.41, 5.74) is 1.76. The van der Waals surface area contributed by atoms with E-state index >= 15 is 0 Å². The second-order valence-corrected chi connectivity index (χ2v) is 4.92. The second kappa shape index (κ2) is 5.40. The molecule has 5 nitrogen and oxygen atoms in total. The number of aryl methyl sites for hydroxylation is 2. The number of nitrogens with one attached hydrogen (secondary N) is 2. The predicted molar refractivity (Wildman–Crippen MR) is 74.7 cm³/mol. The van der Waals surface area contributed by atoms with Crippen LogP contribution in [0.4, 0.5) is 20.6 Å². The van der Waals surface area contributed by atoms with E-state index in [9.17, 15) is 9.18 Å².